The highest BCUT2D eigenvalue weighted by Gasteiger charge is 2.16. The molecular weight excluding hydrogens is 283 g/mol. The highest BCUT2D eigenvalue weighted by atomic mass is 19.1. The predicted molar refractivity (Wildman–Crippen MR) is 83.4 cm³/mol. The summed E-state index contributed by atoms with van der Waals surface area (Å²) in [5, 5.41) is 8.41. The van der Waals surface area contributed by atoms with Crippen LogP contribution >= 0.6 is 0 Å². The van der Waals surface area contributed by atoms with Gasteiger partial charge < -0.3 is 15.6 Å². The topological polar surface area (TPSA) is 77.0 Å². The predicted octanol–water partition coefficient (Wildman–Crippen LogP) is 3.84. The number of benzene rings is 2. The summed E-state index contributed by atoms with van der Waals surface area (Å²) in [6, 6.07) is 13.6. The minimum absolute atomic E-state index is 0.262. The van der Waals surface area contributed by atoms with Crippen LogP contribution in [0.1, 0.15) is 0 Å². The van der Waals surface area contributed by atoms with Crippen LogP contribution < -0.4 is 11.1 Å². The van der Waals surface area contributed by atoms with Gasteiger partial charge in [-0.3, -0.25) is 0 Å². The lowest BCUT2D eigenvalue weighted by atomic mass is 10.1. The third-order valence-corrected chi connectivity index (χ3v) is 3.44. The summed E-state index contributed by atoms with van der Waals surface area (Å²) in [6.07, 6.45) is 0. The van der Waals surface area contributed by atoms with Crippen LogP contribution in [0.2, 0.25) is 0 Å². The third-order valence-electron chi connectivity index (χ3n) is 3.44. The number of halogens is 1. The molecule has 0 fully saturated rings. The number of aromatic nitrogens is 2. The van der Waals surface area contributed by atoms with E-state index in [1.54, 1.807) is 12.1 Å². The van der Waals surface area contributed by atoms with E-state index in [2.05, 4.69) is 15.5 Å². The largest absolute Gasteiger partial charge is 0.380 e. The Morgan fingerprint density at radius 1 is 1.05 bits per heavy atom. The van der Waals surface area contributed by atoms with Crippen molar-refractivity contribution < 1.29 is 8.91 Å². The number of fused-ring (bicyclic) bond motifs is 3. The summed E-state index contributed by atoms with van der Waals surface area (Å²) >= 11 is 0. The van der Waals surface area contributed by atoms with Crippen molar-refractivity contribution in [1.29, 1.82) is 0 Å². The quantitative estimate of drug-likeness (QED) is 0.587. The molecular formula is C16H11FN4O. The Labute approximate surface area is 124 Å². The average Bonchev–Trinajstić information content (AvgIpc) is 2.92. The third kappa shape index (κ3) is 1.93. The summed E-state index contributed by atoms with van der Waals surface area (Å²) in [6.45, 7) is 0. The highest BCUT2D eigenvalue weighted by molar-refractivity contribution is 6.11. The lowest BCUT2D eigenvalue weighted by Crippen LogP contribution is -1.97. The first-order valence-corrected chi connectivity index (χ1v) is 6.68. The normalized spacial score (nSPS) is 11.1. The van der Waals surface area contributed by atoms with Crippen molar-refractivity contribution in [2.75, 3.05) is 11.1 Å². The summed E-state index contributed by atoms with van der Waals surface area (Å²) in [7, 11) is 0. The van der Waals surface area contributed by atoms with Crippen LogP contribution in [-0.2, 0) is 0 Å². The van der Waals surface area contributed by atoms with E-state index < -0.39 is 0 Å². The van der Waals surface area contributed by atoms with Crippen LogP contribution in [0.5, 0.6) is 0 Å². The standard InChI is InChI=1S/C16H11FN4O/c17-9-5-7-10(8-6-9)19-16-13-14(22-21-15(13)18)11-3-1-2-4-12(11)20-16/h1-8H,(H2,18,21)(H,19,20). The maximum absolute atomic E-state index is 13.0. The molecule has 0 atom stereocenters. The lowest BCUT2D eigenvalue weighted by Gasteiger charge is -2.08. The molecule has 0 unspecified atom stereocenters. The second kappa shape index (κ2) is 4.70. The monoisotopic (exact) mass is 294 g/mol. The molecule has 6 heteroatoms. The molecule has 22 heavy (non-hydrogen) atoms. The van der Waals surface area contributed by atoms with Gasteiger partial charge in [-0.1, -0.05) is 17.3 Å². The minimum Gasteiger partial charge on any atom is -0.380 e. The van der Waals surface area contributed by atoms with Crippen molar-refractivity contribution in [1.82, 2.24) is 10.1 Å². The molecule has 0 aliphatic carbocycles. The first-order valence-electron chi connectivity index (χ1n) is 6.68. The molecule has 108 valence electrons. The number of para-hydroxylation sites is 1. The number of hydrogen-bond donors (Lipinski definition) is 2. The molecule has 0 aliphatic heterocycles. The molecule has 2 heterocycles. The van der Waals surface area contributed by atoms with Gasteiger partial charge in [0, 0.05) is 11.1 Å². The van der Waals surface area contributed by atoms with Crippen LogP contribution in [0.15, 0.2) is 53.1 Å². The van der Waals surface area contributed by atoms with E-state index in [1.165, 1.54) is 12.1 Å². The van der Waals surface area contributed by atoms with Crippen molar-refractivity contribution in [3.63, 3.8) is 0 Å². The maximum atomic E-state index is 13.0. The molecule has 2 aromatic heterocycles. The van der Waals surface area contributed by atoms with E-state index in [9.17, 15) is 4.39 Å². The zero-order chi connectivity index (χ0) is 15.1. The Hall–Kier alpha value is -3.15. The van der Waals surface area contributed by atoms with Crippen LogP contribution in [0.4, 0.5) is 21.7 Å². The van der Waals surface area contributed by atoms with Gasteiger partial charge in [-0.25, -0.2) is 9.37 Å². The van der Waals surface area contributed by atoms with Gasteiger partial charge in [0.2, 0.25) is 0 Å². The van der Waals surface area contributed by atoms with Crippen molar-refractivity contribution in [2.45, 2.75) is 0 Å². The average molecular weight is 294 g/mol. The van der Waals surface area contributed by atoms with E-state index in [1.807, 2.05) is 24.3 Å². The van der Waals surface area contributed by atoms with E-state index >= 15 is 0 Å². The Bertz CT molecular complexity index is 979. The van der Waals surface area contributed by atoms with Crippen LogP contribution in [-0.4, -0.2) is 10.1 Å². The number of rotatable bonds is 2. The Morgan fingerprint density at radius 2 is 1.82 bits per heavy atom. The molecule has 5 nitrogen and oxygen atoms in total. The first-order chi connectivity index (χ1) is 10.7. The van der Waals surface area contributed by atoms with E-state index in [-0.39, 0.29) is 11.6 Å². The number of hydrogen-bond acceptors (Lipinski definition) is 5. The van der Waals surface area contributed by atoms with E-state index in [0.29, 0.717) is 22.5 Å². The van der Waals surface area contributed by atoms with Crippen LogP contribution in [0.3, 0.4) is 0 Å². The molecule has 4 aromatic rings. The molecule has 0 radical (unpaired) electrons. The Kier molecular flexibility index (Phi) is 2.69. The molecule has 2 aromatic carbocycles. The van der Waals surface area contributed by atoms with E-state index in [4.69, 9.17) is 10.3 Å². The molecule has 0 aliphatic rings. The van der Waals surface area contributed by atoms with Crippen molar-refractivity contribution >= 4 is 39.2 Å². The zero-order valence-electron chi connectivity index (χ0n) is 11.4. The van der Waals surface area contributed by atoms with Crippen LogP contribution in [0.25, 0.3) is 21.9 Å². The number of nitrogen functional groups attached to an aromatic ring is 1. The van der Waals surface area contributed by atoms with Gasteiger partial charge in [0.1, 0.15) is 17.0 Å². The van der Waals surface area contributed by atoms with Gasteiger partial charge in [0.05, 0.1) is 5.52 Å². The number of anilines is 3. The number of pyridine rings is 1. The number of nitrogens with zero attached hydrogens (tertiary/aromatic N) is 2. The smallest absolute Gasteiger partial charge is 0.182 e. The summed E-state index contributed by atoms with van der Waals surface area (Å²) in [5.74, 6) is 0.489. The molecule has 0 saturated carbocycles. The van der Waals surface area contributed by atoms with Crippen LogP contribution in [0, 0.1) is 5.82 Å². The van der Waals surface area contributed by atoms with Gasteiger partial charge in [-0.05, 0) is 36.4 Å². The lowest BCUT2D eigenvalue weighted by molar-refractivity contribution is 0.462. The maximum Gasteiger partial charge on any atom is 0.182 e. The van der Waals surface area contributed by atoms with Gasteiger partial charge in [0.15, 0.2) is 11.4 Å². The minimum atomic E-state index is -0.299. The SMILES string of the molecule is Nc1noc2c1c(Nc1ccc(F)cc1)nc1ccccc12. The Morgan fingerprint density at radius 3 is 2.64 bits per heavy atom. The fourth-order valence-electron chi connectivity index (χ4n) is 2.42. The molecule has 0 saturated heterocycles. The van der Waals surface area contributed by atoms with Crippen molar-refractivity contribution in [2.24, 2.45) is 0 Å². The highest BCUT2D eigenvalue weighted by Crippen LogP contribution is 2.34. The van der Waals surface area contributed by atoms with Gasteiger partial charge in [-0.2, -0.15) is 0 Å². The van der Waals surface area contributed by atoms with Gasteiger partial charge in [-0.15, -0.1) is 0 Å². The van der Waals surface area contributed by atoms with E-state index in [0.717, 1.165) is 10.9 Å². The molecule has 0 spiro atoms. The fourth-order valence-corrected chi connectivity index (χ4v) is 2.42. The second-order valence-corrected chi connectivity index (χ2v) is 4.88. The van der Waals surface area contributed by atoms with Crippen molar-refractivity contribution in [3.8, 4) is 0 Å². The Balaban J connectivity index is 1.94. The molecule has 0 bridgehead atoms. The summed E-state index contributed by atoms with van der Waals surface area (Å²) in [4.78, 5) is 4.57. The zero-order valence-corrected chi connectivity index (χ0v) is 11.4. The summed E-state index contributed by atoms with van der Waals surface area (Å²) < 4.78 is 18.4. The number of nitrogens with two attached hydrogens (primary N) is 1. The van der Waals surface area contributed by atoms with Gasteiger partial charge >= 0.3 is 0 Å². The molecule has 0 amide bonds. The van der Waals surface area contributed by atoms with Crippen molar-refractivity contribution in [3.05, 3.63) is 54.3 Å². The summed E-state index contributed by atoms with van der Waals surface area (Å²) in [5.41, 5.74) is 7.94. The second-order valence-electron chi connectivity index (χ2n) is 4.88. The molecule has 3 N–H and O–H groups in total. The molecule has 4 rings (SSSR count). The number of nitrogens with one attached hydrogen (secondary N) is 1. The van der Waals surface area contributed by atoms with Gasteiger partial charge in [0.25, 0.3) is 0 Å². The first kappa shape index (κ1) is 12.6. The fraction of sp³-hybridized carbons (Fsp3) is 0.